The monoisotopic (exact) mass is 497 g/mol. The summed E-state index contributed by atoms with van der Waals surface area (Å²) < 4.78 is 5.87. The lowest BCUT2D eigenvalue weighted by Gasteiger charge is -2.10. The van der Waals surface area contributed by atoms with Gasteiger partial charge in [-0.25, -0.2) is 5.43 Å². The molecule has 0 atom stereocenters. The maximum atomic E-state index is 12.2. The highest BCUT2D eigenvalue weighted by molar-refractivity contribution is 6.42. The second-order valence-corrected chi connectivity index (χ2v) is 8.48. The lowest BCUT2D eigenvalue weighted by Crippen LogP contribution is -2.21. The predicted molar refractivity (Wildman–Crippen MR) is 137 cm³/mol. The van der Waals surface area contributed by atoms with Crippen molar-refractivity contribution in [1.82, 2.24) is 5.43 Å². The molecule has 6 nitrogen and oxygen atoms in total. The molecule has 0 bridgehead atoms. The van der Waals surface area contributed by atoms with E-state index in [1.807, 2.05) is 56.3 Å². The summed E-state index contributed by atoms with van der Waals surface area (Å²) in [6, 6.07) is 18.3. The standard InChI is InChI=1S/C26H25Cl2N3O3/c1-17-6-5-8-23(18(17)2)30-25(32)12-13-26(33)31-29-15-20-7-3-4-9-24(20)34-16-19-10-11-21(27)22(28)14-19/h3-11,14-15H,12-13,16H2,1-2H3,(H,30,32)(H,31,33). The normalized spacial score (nSPS) is 10.8. The van der Waals surface area contributed by atoms with Crippen molar-refractivity contribution >= 4 is 46.9 Å². The van der Waals surface area contributed by atoms with Gasteiger partial charge in [-0.15, -0.1) is 0 Å². The Bertz CT molecular complexity index is 1210. The molecule has 0 saturated heterocycles. The summed E-state index contributed by atoms with van der Waals surface area (Å²) in [4.78, 5) is 24.3. The van der Waals surface area contributed by atoms with Gasteiger partial charge in [0.15, 0.2) is 0 Å². The van der Waals surface area contributed by atoms with E-state index in [0.29, 0.717) is 28.0 Å². The van der Waals surface area contributed by atoms with Crippen LogP contribution in [0.4, 0.5) is 5.69 Å². The summed E-state index contributed by atoms with van der Waals surface area (Å²) in [5.74, 6) is 0.00919. The molecule has 2 amide bonds. The maximum absolute atomic E-state index is 12.2. The van der Waals surface area contributed by atoms with E-state index in [2.05, 4.69) is 15.8 Å². The highest BCUT2D eigenvalue weighted by Gasteiger charge is 2.09. The van der Waals surface area contributed by atoms with E-state index in [-0.39, 0.29) is 24.7 Å². The minimum atomic E-state index is -0.360. The molecule has 3 rings (SSSR count). The van der Waals surface area contributed by atoms with Crippen molar-refractivity contribution in [3.05, 3.63) is 93.0 Å². The highest BCUT2D eigenvalue weighted by atomic mass is 35.5. The summed E-state index contributed by atoms with van der Waals surface area (Å²) in [6.07, 6.45) is 1.57. The quantitative estimate of drug-likeness (QED) is 0.278. The van der Waals surface area contributed by atoms with Gasteiger partial charge < -0.3 is 10.1 Å². The number of hydrogen-bond acceptors (Lipinski definition) is 4. The van der Waals surface area contributed by atoms with Crippen LogP contribution in [0.2, 0.25) is 10.0 Å². The van der Waals surface area contributed by atoms with Crippen molar-refractivity contribution in [2.75, 3.05) is 5.32 Å². The van der Waals surface area contributed by atoms with Crippen LogP contribution >= 0.6 is 23.2 Å². The van der Waals surface area contributed by atoms with Crippen LogP contribution in [0.1, 0.15) is 35.1 Å². The van der Waals surface area contributed by atoms with Gasteiger partial charge in [-0.2, -0.15) is 5.10 Å². The topological polar surface area (TPSA) is 79.8 Å². The zero-order chi connectivity index (χ0) is 24.5. The Morgan fingerprint density at radius 3 is 2.50 bits per heavy atom. The molecular weight excluding hydrogens is 473 g/mol. The number of hydrogen-bond donors (Lipinski definition) is 2. The smallest absolute Gasteiger partial charge is 0.240 e. The van der Waals surface area contributed by atoms with Crippen molar-refractivity contribution in [1.29, 1.82) is 0 Å². The van der Waals surface area contributed by atoms with Crippen LogP contribution in [0.15, 0.2) is 65.8 Å². The number of carbonyl (C=O) groups excluding carboxylic acids is 2. The first kappa shape index (κ1) is 25.3. The zero-order valence-corrected chi connectivity index (χ0v) is 20.4. The molecule has 0 unspecified atom stereocenters. The van der Waals surface area contributed by atoms with Crippen molar-refractivity contribution in [2.24, 2.45) is 5.10 Å². The number of ether oxygens (including phenoxy) is 1. The fraction of sp³-hybridized carbons (Fsp3) is 0.192. The van der Waals surface area contributed by atoms with E-state index < -0.39 is 0 Å². The molecule has 3 aromatic carbocycles. The van der Waals surface area contributed by atoms with Gasteiger partial charge in [0.25, 0.3) is 0 Å². The third kappa shape index (κ3) is 7.33. The van der Waals surface area contributed by atoms with Crippen molar-refractivity contribution in [2.45, 2.75) is 33.3 Å². The Balaban J connectivity index is 1.49. The maximum Gasteiger partial charge on any atom is 0.240 e. The molecule has 34 heavy (non-hydrogen) atoms. The molecule has 0 spiro atoms. The molecule has 0 aliphatic rings. The van der Waals surface area contributed by atoms with Crippen molar-refractivity contribution < 1.29 is 14.3 Å². The molecule has 176 valence electrons. The van der Waals surface area contributed by atoms with Gasteiger partial charge in [0.05, 0.1) is 16.3 Å². The predicted octanol–water partition coefficient (Wildman–Crippen LogP) is 6.06. The summed E-state index contributed by atoms with van der Waals surface area (Å²) in [5, 5.41) is 7.78. The molecular formula is C26H25Cl2N3O3. The largest absolute Gasteiger partial charge is 0.488 e. The third-order valence-corrected chi connectivity index (χ3v) is 5.89. The van der Waals surface area contributed by atoms with Gasteiger partial charge in [-0.3, -0.25) is 9.59 Å². The van der Waals surface area contributed by atoms with Crippen LogP contribution in [-0.2, 0) is 16.2 Å². The zero-order valence-electron chi connectivity index (χ0n) is 18.9. The molecule has 0 radical (unpaired) electrons. The summed E-state index contributed by atoms with van der Waals surface area (Å²) in [5.41, 5.74) is 6.85. The van der Waals surface area contributed by atoms with E-state index in [1.165, 1.54) is 6.21 Å². The highest BCUT2D eigenvalue weighted by Crippen LogP contribution is 2.24. The number of aryl methyl sites for hydroxylation is 1. The van der Waals surface area contributed by atoms with E-state index in [4.69, 9.17) is 27.9 Å². The van der Waals surface area contributed by atoms with Gasteiger partial charge in [0.2, 0.25) is 11.8 Å². The number of amides is 2. The Labute approximate surface area is 208 Å². The number of benzene rings is 3. The van der Waals surface area contributed by atoms with Crippen LogP contribution in [0.5, 0.6) is 5.75 Å². The summed E-state index contributed by atoms with van der Waals surface area (Å²) in [6.45, 7) is 4.22. The summed E-state index contributed by atoms with van der Waals surface area (Å²) >= 11 is 12.0. The average Bonchev–Trinajstić information content (AvgIpc) is 2.82. The number of halogens is 2. The minimum Gasteiger partial charge on any atom is -0.488 e. The Kier molecular flexibility index (Phi) is 9.08. The molecule has 0 fully saturated rings. The molecule has 2 N–H and O–H groups in total. The van der Waals surface area contributed by atoms with E-state index in [9.17, 15) is 9.59 Å². The molecule has 3 aromatic rings. The lowest BCUT2D eigenvalue weighted by molar-refractivity contribution is -0.124. The average molecular weight is 498 g/mol. The lowest BCUT2D eigenvalue weighted by atomic mass is 10.1. The molecule has 0 aliphatic carbocycles. The van der Waals surface area contributed by atoms with E-state index >= 15 is 0 Å². The second kappa shape index (κ2) is 12.2. The first-order valence-electron chi connectivity index (χ1n) is 10.7. The van der Waals surface area contributed by atoms with Crippen molar-refractivity contribution in [3.8, 4) is 5.75 Å². The number of carbonyl (C=O) groups is 2. The number of rotatable bonds is 9. The van der Waals surface area contributed by atoms with Crippen LogP contribution < -0.4 is 15.5 Å². The number of anilines is 1. The van der Waals surface area contributed by atoms with Crippen molar-refractivity contribution in [3.63, 3.8) is 0 Å². The van der Waals surface area contributed by atoms with Gasteiger partial charge in [0.1, 0.15) is 12.4 Å². The van der Waals surface area contributed by atoms with Gasteiger partial charge in [-0.05, 0) is 60.9 Å². The summed E-state index contributed by atoms with van der Waals surface area (Å²) in [7, 11) is 0. The SMILES string of the molecule is Cc1cccc(NC(=O)CCC(=O)NN=Cc2ccccc2OCc2ccc(Cl)c(Cl)c2)c1C. The minimum absolute atomic E-state index is 0.0174. The van der Waals surface area contributed by atoms with Gasteiger partial charge in [0, 0.05) is 24.1 Å². The van der Waals surface area contributed by atoms with E-state index in [0.717, 1.165) is 22.4 Å². The number of para-hydroxylation sites is 1. The second-order valence-electron chi connectivity index (χ2n) is 7.66. The Morgan fingerprint density at radius 2 is 1.71 bits per heavy atom. The fourth-order valence-corrected chi connectivity index (χ4v) is 3.39. The molecule has 0 saturated carbocycles. The van der Waals surface area contributed by atoms with Crippen LogP contribution in [-0.4, -0.2) is 18.0 Å². The van der Waals surface area contributed by atoms with Gasteiger partial charge >= 0.3 is 0 Å². The third-order valence-electron chi connectivity index (χ3n) is 5.15. The first-order valence-corrected chi connectivity index (χ1v) is 11.4. The van der Waals surface area contributed by atoms with Crippen LogP contribution in [0, 0.1) is 13.8 Å². The Morgan fingerprint density at radius 1 is 0.941 bits per heavy atom. The Hall–Kier alpha value is -3.35. The van der Waals surface area contributed by atoms with Crippen LogP contribution in [0.3, 0.4) is 0 Å². The number of nitrogens with zero attached hydrogens (tertiary/aromatic N) is 1. The molecule has 8 heteroatoms. The number of nitrogens with one attached hydrogen (secondary N) is 2. The molecule has 0 aliphatic heterocycles. The fourth-order valence-electron chi connectivity index (χ4n) is 3.07. The molecule has 0 aromatic heterocycles. The number of hydrazone groups is 1. The first-order chi connectivity index (χ1) is 16.3. The van der Waals surface area contributed by atoms with Gasteiger partial charge in [-0.1, -0.05) is 53.5 Å². The van der Waals surface area contributed by atoms with E-state index in [1.54, 1.807) is 18.2 Å². The van der Waals surface area contributed by atoms with Crippen LogP contribution in [0.25, 0.3) is 0 Å². The molecule has 0 heterocycles.